The van der Waals surface area contributed by atoms with Crippen LogP contribution in [-0.2, 0) is 6.42 Å². The van der Waals surface area contributed by atoms with Crippen molar-refractivity contribution in [2.45, 2.75) is 33.1 Å². The van der Waals surface area contributed by atoms with Crippen LogP contribution in [0.2, 0.25) is 0 Å². The molecule has 24 heavy (non-hydrogen) atoms. The number of hydrogen-bond donors (Lipinski definition) is 1. The minimum absolute atomic E-state index is 0.522. The van der Waals surface area contributed by atoms with Gasteiger partial charge >= 0.3 is 0 Å². The second-order valence-corrected chi connectivity index (χ2v) is 6.12. The highest BCUT2D eigenvalue weighted by molar-refractivity contribution is 5.89. The van der Waals surface area contributed by atoms with Crippen LogP contribution in [0.15, 0.2) is 59.8 Å². The Hall–Kier alpha value is -2.35. The number of nitrogens with zero attached hydrogens (tertiary/aromatic N) is 1. The molecule has 0 unspecified atom stereocenters. The predicted molar refractivity (Wildman–Crippen MR) is 108 cm³/mol. The Morgan fingerprint density at radius 1 is 1.29 bits per heavy atom. The predicted octanol–water partition coefficient (Wildman–Crippen LogP) is 5.97. The van der Waals surface area contributed by atoms with Crippen LogP contribution in [0.1, 0.15) is 37.8 Å². The Bertz CT molecular complexity index is 770. The molecule has 2 nitrogen and oxygen atoms in total. The van der Waals surface area contributed by atoms with Crippen LogP contribution in [0.25, 0.3) is 17.0 Å². The fourth-order valence-electron chi connectivity index (χ4n) is 3.14. The zero-order valence-electron chi connectivity index (χ0n) is 15.1. The number of allylic oxidation sites excluding steroid dienone is 3. The molecule has 0 radical (unpaired) electrons. The molecule has 126 valence electrons. The molecule has 2 aromatic rings. The maximum atomic E-state index is 4.32. The van der Waals surface area contributed by atoms with Crippen LogP contribution in [0, 0.1) is 5.92 Å². The van der Waals surface area contributed by atoms with Crippen molar-refractivity contribution in [2.24, 2.45) is 10.9 Å². The molecule has 0 fully saturated rings. The lowest BCUT2D eigenvalue weighted by Gasteiger charge is -2.16. The van der Waals surface area contributed by atoms with Crippen molar-refractivity contribution in [1.82, 2.24) is 4.98 Å². The van der Waals surface area contributed by atoms with E-state index < -0.39 is 0 Å². The number of aromatic nitrogens is 1. The zero-order chi connectivity index (χ0) is 17.5. The first-order valence-electron chi connectivity index (χ1n) is 8.68. The molecule has 1 aromatic heterocycles. The number of nitrogens with one attached hydrogen (secondary N) is 1. The van der Waals surface area contributed by atoms with E-state index in [2.05, 4.69) is 61.3 Å². The van der Waals surface area contributed by atoms with Crippen molar-refractivity contribution in [3.63, 3.8) is 0 Å². The molecule has 0 atom stereocenters. The summed E-state index contributed by atoms with van der Waals surface area (Å²) < 4.78 is 0. The molecular formula is C22H28N2. The number of rotatable bonds is 8. The molecule has 1 N–H and O–H groups in total. The van der Waals surface area contributed by atoms with E-state index in [4.69, 9.17) is 0 Å². The molecule has 0 aliphatic rings. The highest BCUT2D eigenvalue weighted by atomic mass is 14.7. The van der Waals surface area contributed by atoms with Crippen LogP contribution in [0.3, 0.4) is 0 Å². The largest absolute Gasteiger partial charge is 0.361 e. The number of fused-ring (bicyclic) bond motifs is 1. The minimum Gasteiger partial charge on any atom is -0.361 e. The van der Waals surface area contributed by atoms with Crippen molar-refractivity contribution < 1.29 is 0 Å². The van der Waals surface area contributed by atoms with Gasteiger partial charge in [0.05, 0.1) is 0 Å². The van der Waals surface area contributed by atoms with E-state index in [-0.39, 0.29) is 0 Å². The molecule has 0 aliphatic carbocycles. The van der Waals surface area contributed by atoms with Crippen molar-refractivity contribution in [1.29, 1.82) is 0 Å². The Balaban J connectivity index is 2.28. The normalized spacial score (nSPS) is 12.4. The highest BCUT2D eigenvalue weighted by Crippen LogP contribution is 2.25. The SMILES string of the molecule is C=Cc1c[nH]c2ccc(C/C=C(\C=NC)C(=C)C(CC)CC)cc12. The van der Waals surface area contributed by atoms with E-state index in [1.807, 2.05) is 25.5 Å². The van der Waals surface area contributed by atoms with Crippen LogP contribution in [0.5, 0.6) is 0 Å². The summed E-state index contributed by atoms with van der Waals surface area (Å²) in [5.41, 5.74) is 5.93. The monoisotopic (exact) mass is 320 g/mol. The first-order chi connectivity index (χ1) is 11.6. The molecule has 2 rings (SSSR count). The molecule has 1 aromatic carbocycles. The van der Waals surface area contributed by atoms with Crippen molar-refractivity contribution in [3.05, 3.63) is 65.9 Å². The number of aliphatic imine (C=N–C) groups is 1. The summed E-state index contributed by atoms with van der Waals surface area (Å²) in [5.74, 6) is 0.522. The van der Waals surface area contributed by atoms with Crippen LogP contribution in [-0.4, -0.2) is 18.2 Å². The average molecular weight is 320 g/mol. The summed E-state index contributed by atoms with van der Waals surface area (Å²) in [4.78, 5) is 7.49. The van der Waals surface area contributed by atoms with Gasteiger partial charge in [0.2, 0.25) is 0 Å². The number of H-pyrrole nitrogens is 1. The van der Waals surface area contributed by atoms with E-state index in [1.165, 1.54) is 16.5 Å². The summed E-state index contributed by atoms with van der Waals surface area (Å²) in [7, 11) is 1.82. The van der Waals surface area contributed by atoms with Gasteiger partial charge in [-0.15, -0.1) is 0 Å². The molecule has 0 amide bonds. The van der Waals surface area contributed by atoms with Crippen LogP contribution in [0.4, 0.5) is 0 Å². The smallest absolute Gasteiger partial charge is 0.0460 e. The maximum Gasteiger partial charge on any atom is 0.0460 e. The lowest BCUT2D eigenvalue weighted by molar-refractivity contribution is 0.582. The fourth-order valence-corrected chi connectivity index (χ4v) is 3.14. The van der Waals surface area contributed by atoms with Gasteiger partial charge in [0.25, 0.3) is 0 Å². The second-order valence-electron chi connectivity index (χ2n) is 6.12. The van der Waals surface area contributed by atoms with E-state index >= 15 is 0 Å². The van der Waals surface area contributed by atoms with Gasteiger partial charge in [0.1, 0.15) is 0 Å². The number of hydrogen-bond acceptors (Lipinski definition) is 1. The average Bonchev–Trinajstić information content (AvgIpc) is 3.01. The minimum atomic E-state index is 0.522. The summed E-state index contributed by atoms with van der Waals surface area (Å²) in [6.45, 7) is 12.6. The molecule has 0 spiro atoms. The maximum absolute atomic E-state index is 4.32. The molecule has 0 saturated carbocycles. The summed E-state index contributed by atoms with van der Waals surface area (Å²) >= 11 is 0. The van der Waals surface area contributed by atoms with Crippen molar-refractivity contribution in [3.8, 4) is 0 Å². The Morgan fingerprint density at radius 3 is 2.67 bits per heavy atom. The molecular weight excluding hydrogens is 292 g/mol. The van der Waals surface area contributed by atoms with Gasteiger partial charge in [-0.25, -0.2) is 0 Å². The highest BCUT2D eigenvalue weighted by Gasteiger charge is 2.11. The lowest BCUT2D eigenvalue weighted by atomic mass is 9.89. The molecule has 1 heterocycles. The number of benzene rings is 1. The first-order valence-corrected chi connectivity index (χ1v) is 8.68. The van der Waals surface area contributed by atoms with Crippen LogP contribution >= 0.6 is 0 Å². The third kappa shape index (κ3) is 3.94. The topological polar surface area (TPSA) is 28.1 Å². The summed E-state index contributed by atoms with van der Waals surface area (Å²) in [6, 6.07) is 6.54. The van der Waals surface area contributed by atoms with Crippen molar-refractivity contribution in [2.75, 3.05) is 7.05 Å². The molecule has 0 saturated heterocycles. The first kappa shape index (κ1) is 18.0. The summed E-state index contributed by atoms with van der Waals surface area (Å²) in [6.07, 6.45) is 11.2. The van der Waals surface area contributed by atoms with Gasteiger partial charge in [0.15, 0.2) is 0 Å². The van der Waals surface area contributed by atoms with Gasteiger partial charge in [-0.3, -0.25) is 4.99 Å². The van der Waals surface area contributed by atoms with E-state index in [1.54, 1.807) is 0 Å². The van der Waals surface area contributed by atoms with Gasteiger partial charge in [-0.2, -0.15) is 0 Å². The lowest BCUT2D eigenvalue weighted by Crippen LogP contribution is -2.05. The third-order valence-corrected chi connectivity index (χ3v) is 4.67. The second kappa shape index (κ2) is 8.49. The fraction of sp³-hybridized carbons (Fsp3) is 0.318. The zero-order valence-corrected chi connectivity index (χ0v) is 15.1. The van der Waals surface area contributed by atoms with E-state index in [0.717, 1.165) is 35.9 Å². The van der Waals surface area contributed by atoms with Crippen molar-refractivity contribution >= 4 is 23.2 Å². The Kier molecular flexibility index (Phi) is 6.36. The van der Waals surface area contributed by atoms with E-state index in [9.17, 15) is 0 Å². The standard InChI is InChI=1S/C22H28N2/c1-6-18(7-2)16(4)20(14-23-5)11-9-17-10-12-22-21(13-17)19(8-3)15-24-22/h8,10-15,18,24H,3-4,6-7,9H2,1-2,5H3/b20-11+,23-14?. The van der Waals surface area contributed by atoms with Gasteiger partial charge in [0, 0.05) is 30.4 Å². The Labute approximate surface area is 145 Å². The summed E-state index contributed by atoms with van der Waals surface area (Å²) in [5, 5.41) is 1.22. The van der Waals surface area contributed by atoms with Crippen LogP contribution < -0.4 is 0 Å². The molecule has 0 bridgehead atoms. The molecule has 0 aliphatic heterocycles. The Morgan fingerprint density at radius 2 is 2.04 bits per heavy atom. The van der Waals surface area contributed by atoms with Gasteiger partial charge < -0.3 is 4.98 Å². The molecule has 2 heteroatoms. The van der Waals surface area contributed by atoms with Gasteiger partial charge in [-0.05, 0) is 59.6 Å². The number of aromatic amines is 1. The van der Waals surface area contributed by atoms with E-state index in [0.29, 0.717) is 5.92 Å². The quantitative estimate of drug-likeness (QED) is 0.458. The van der Waals surface area contributed by atoms with Gasteiger partial charge in [-0.1, -0.05) is 45.2 Å². The third-order valence-electron chi connectivity index (χ3n) is 4.67.